The van der Waals surface area contributed by atoms with Gasteiger partial charge in [-0.25, -0.2) is 4.79 Å². The molecule has 1 saturated heterocycles. The molecule has 1 aliphatic heterocycles. The molecule has 0 aliphatic carbocycles. The maximum absolute atomic E-state index is 11.2. The molecule has 1 rings (SSSR count). The van der Waals surface area contributed by atoms with Gasteiger partial charge in [-0.3, -0.25) is 19.2 Å². The Hall–Kier alpha value is -2.16. The predicted molar refractivity (Wildman–Crippen MR) is 67.6 cm³/mol. The number of nitrogens with one attached hydrogen (secondary N) is 1. The van der Waals surface area contributed by atoms with Gasteiger partial charge in [0.1, 0.15) is 6.61 Å². The molecule has 0 spiro atoms. The SMILES string of the molecule is CC(=O)NCCCOCCOC(=O)ON1C(=O)CCC1=O. The van der Waals surface area contributed by atoms with Crippen molar-refractivity contribution in [1.29, 1.82) is 0 Å². The van der Waals surface area contributed by atoms with Crippen molar-refractivity contribution in [2.75, 3.05) is 26.4 Å². The molecule has 1 heterocycles. The number of rotatable bonds is 8. The molecular weight excluding hydrogens is 284 g/mol. The highest BCUT2D eigenvalue weighted by molar-refractivity contribution is 6.01. The zero-order valence-corrected chi connectivity index (χ0v) is 11.8. The fourth-order valence-electron chi connectivity index (χ4n) is 1.48. The standard InChI is InChI=1S/C12H18N2O7/c1-9(15)13-5-2-6-19-7-8-20-12(18)21-14-10(16)3-4-11(14)17/h2-8H2,1H3,(H,13,15). The van der Waals surface area contributed by atoms with Gasteiger partial charge < -0.3 is 14.8 Å². The first-order valence-corrected chi connectivity index (χ1v) is 6.53. The minimum Gasteiger partial charge on any atom is -0.430 e. The lowest BCUT2D eigenvalue weighted by Crippen LogP contribution is -2.32. The molecule has 9 heteroatoms. The number of hydroxylamine groups is 2. The summed E-state index contributed by atoms with van der Waals surface area (Å²) >= 11 is 0. The number of carbonyl (C=O) groups is 4. The highest BCUT2D eigenvalue weighted by Crippen LogP contribution is 2.12. The van der Waals surface area contributed by atoms with Crippen molar-refractivity contribution in [2.24, 2.45) is 0 Å². The normalized spacial score (nSPS) is 14.2. The van der Waals surface area contributed by atoms with Crippen molar-refractivity contribution in [3.63, 3.8) is 0 Å². The summed E-state index contributed by atoms with van der Waals surface area (Å²) in [5.41, 5.74) is 0. The largest absolute Gasteiger partial charge is 0.534 e. The van der Waals surface area contributed by atoms with Crippen molar-refractivity contribution in [3.8, 4) is 0 Å². The molecule has 9 nitrogen and oxygen atoms in total. The van der Waals surface area contributed by atoms with Crippen LogP contribution in [0.1, 0.15) is 26.2 Å². The van der Waals surface area contributed by atoms with Crippen molar-refractivity contribution in [2.45, 2.75) is 26.2 Å². The summed E-state index contributed by atoms with van der Waals surface area (Å²) in [7, 11) is 0. The Kier molecular flexibility index (Phi) is 7.16. The van der Waals surface area contributed by atoms with Crippen LogP contribution in [0.5, 0.6) is 0 Å². The molecule has 0 aromatic heterocycles. The molecule has 1 aliphatic rings. The lowest BCUT2D eigenvalue weighted by Gasteiger charge is -2.12. The van der Waals surface area contributed by atoms with E-state index in [1.165, 1.54) is 6.92 Å². The highest BCUT2D eigenvalue weighted by Gasteiger charge is 2.33. The molecule has 0 atom stereocenters. The number of hydrogen-bond acceptors (Lipinski definition) is 7. The van der Waals surface area contributed by atoms with E-state index in [0.717, 1.165) is 0 Å². The van der Waals surface area contributed by atoms with Crippen LogP contribution in [-0.4, -0.2) is 55.3 Å². The molecule has 0 aromatic rings. The average Bonchev–Trinajstić information content (AvgIpc) is 2.73. The first-order valence-electron chi connectivity index (χ1n) is 6.53. The van der Waals surface area contributed by atoms with Gasteiger partial charge in [-0.05, 0) is 6.42 Å². The van der Waals surface area contributed by atoms with Crippen LogP contribution in [0.3, 0.4) is 0 Å². The topological polar surface area (TPSA) is 111 Å². The van der Waals surface area contributed by atoms with E-state index >= 15 is 0 Å². The fraction of sp³-hybridized carbons (Fsp3) is 0.667. The van der Waals surface area contributed by atoms with Gasteiger partial charge in [-0.15, -0.1) is 0 Å². The Morgan fingerprint density at radius 1 is 1.14 bits per heavy atom. The van der Waals surface area contributed by atoms with Gasteiger partial charge >= 0.3 is 6.16 Å². The Morgan fingerprint density at radius 3 is 2.43 bits per heavy atom. The summed E-state index contributed by atoms with van der Waals surface area (Å²) in [5, 5.41) is 3.02. The van der Waals surface area contributed by atoms with Crippen molar-refractivity contribution in [3.05, 3.63) is 0 Å². The molecule has 3 amide bonds. The second-order valence-corrected chi connectivity index (χ2v) is 4.22. The lowest BCUT2D eigenvalue weighted by atomic mass is 10.4. The van der Waals surface area contributed by atoms with E-state index < -0.39 is 18.0 Å². The Balaban J connectivity index is 2.00. The third-order valence-electron chi connectivity index (χ3n) is 2.46. The van der Waals surface area contributed by atoms with E-state index in [-0.39, 0.29) is 32.0 Å². The number of amides is 3. The third kappa shape index (κ3) is 6.70. The van der Waals surface area contributed by atoms with Crippen LogP contribution >= 0.6 is 0 Å². The third-order valence-corrected chi connectivity index (χ3v) is 2.46. The monoisotopic (exact) mass is 302 g/mol. The molecule has 118 valence electrons. The van der Waals surface area contributed by atoms with Crippen LogP contribution in [0.2, 0.25) is 0 Å². The minimum atomic E-state index is -1.12. The maximum Gasteiger partial charge on any atom is 0.534 e. The first-order chi connectivity index (χ1) is 10.0. The summed E-state index contributed by atoms with van der Waals surface area (Å²) in [5.74, 6) is -1.23. The Labute approximate surface area is 121 Å². The van der Waals surface area contributed by atoms with E-state index in [9.17, 15) is 19.2 Å². The van der Waals surface area contributed by atoms with Crippen LogP contribution in [0.15, 0.2) is 0 Å². The van der Waals surface area contributed by atoms with Crippen LogP contribution < -0.4 is 5.32 Å². The van der Waals surface area contributed by atoms with Gasteiger partial charge in [0.05, 0.1) is 6.61 Å². The van der Waals surface area contributed by atoms with Crippen LogP contribution in [-0.2, 0) is 28.7 Å². The van der Waals surface area contributed by atoms with Gasteiger partial charge in [0.25, 0.3) is 11.8 Å². The van der Waals surface area contributed by atoms with E-state index in [2.05, 4.69) is 14.9 Å². The second kappa shape index (κ2) is 8.90. The minimum absolute atomic E-state index is 0.0313. The van der Waals surface area contributed by atoms with Crippen molar-refractivity contribution >= 4 is 23.9 Å². The van der Waals surface area contributed by atoms with Crippen LogP contribution in [0, 0.1) is 0 Å². The Morgan fingerprint density at radius 2 is 1.81 bits per heavy atom. The van der Waals surface area contributed by atoms with E-state index in [1.54, 1.807) is 0 Å². The molecule has 0 radical (unpaired) electrons. The predicted octanol–water partition coefficient (Wildman–Crippen LogP) is -0.254. The molecule has 0 aromatic carbocycles. The number of carbonyl (C=O) groups excluding carboxylic acids is 4. The summed E-state index contributed by atoms with van der Waals surface area (Å²) in [6, 6.07) is 0. The summed E-state index contributed by atoms with van der Waals surface area (Å²) in [4.78, 5) is 48.6. The summed E-state index contributed by atoms with van der Waals surface area (Å²) < 4.78 is 9.79. The lowest BCUT2D eigenvalue weighted by molar-refractivity contribution is -0.177. The smallest absolute Gasteiger partial charge is 0.430 e. The number of nitrogens with zero attached hydrogens (tertiary/aromatic N) is 1. The molecule has 0 bridgehead atoms. The number of hydrogen-bond donors (Lipinski definition) is 1. The number of ether oxygens (including phenoxy) is 2. The van der Waals surface area contributed by atoms with Crippen LogP contribution in [0.4, 0.5) is 4.79 Å². The molecule has 0 unspecified atom stereocenters. The zero-order chi connectivity index (χ0) is 15.7. The Bertz CT molecular complexity index is 394. The van der Waals surface area contributed by atoms with Gasteiger partial charge in [0.15, 0.2) is 0 Å². The summed E-state index contributed by atoms with van der Waals surface area (Å²) in [6.45, 7) is 2.43. The molecule has 0 saturated carbocycles. The molecule has 1 fully saturated rings. The maximum atomic E-state index is 11.2. The zero-order valence-electron chi connectivity index (χ0n) is 11.8. The molecular formula is C12H18N2O7. The second-order valence-electron chi connectivity index (χ2n) is 4.22. The first kappa shape index (κ1) is 16.9. The fourth-order valence-corrected chi connectivity index (χ4v) is 1.48. The van der Waals surface area contributed by atoms with Gasteiger partial charge in [0, 0.05) is 32.9 Å². The van der Waals surface area contributed by atoms with E-state index in [0.29, 0.717) is 24.6 Å². The van der Waals surface area contributed by atoms with E-state index in [4.69, 9.17) is 4.74 Å². The van der Waals surface area contributed by atoms with Gasteiger partial charge in [0.2, 0.25) is 5.91 Å². The van der Waals surface area contributed by atoms with Gasteiger partial charge in [-0.2, -0.15) is 0 Å². The highest BCUT2D eigenvalue weighted by atomic mass is 16.8. The summed E-state index contributed by atoms with van der Waals surface area (Å²) in [6.07, 6.45) is -0.422. The molecule has 21 heavy (non-hydrogen) atoms. The molecule has 1 N–H and O–H groups in total. The quantitative estimate of drug-likeness (QED) is 0.374. The van der Waals surface area contributed by atoms with Crippen molar-refractivity contribution in [1.82, 2.24) is 10.4 Å². The van der Waals surface area contributed by atoms with E-state index in [1.807, 2.05) is 0 Å². The van der Waals surface area contributed by atoms with Gasteiger partial charge in [-0.1, -0.05) is 5.06 Å². The van der Waals surface area contributed by atoms with Crippen LogP contribution in [0.25, 0.3) is 0 Å². The van der Waals surface area contributed by atoms with Crippen molar-refractivity contribution < 1.29 is 33.5 Å². The number of imide groups is 1. The average molecular weight is 302 g/mol.